The van der Waals surface area contributed by atoms with Gasteiger partial charge in [0.05, 0.1) is 0 Å². The summed E-state index contributed by atoms with van der Waals surface area (Å²) in [6.45, 7) is 15.3. The molecule has 1 fully saturated rings. The minimum absolute atomic E-state index is 0. The number of nitrogens with one attached hydrogen (secondary N) is 2. The third-order valence-corrected chi connectivity index (χ3v) is 4.82. The standard InChI is InChI=1S/C19H37N7.HI/c1-3-20-19(22-10-7-13-26-14-8-11-23-26)21-9-5-6-12-25-17-15-24(4-2)16-18-25;/h8,11,14H,3-7,9-10,12-13,15-18H2,1-2H3,(H2,20,21,22);1H. The SMILES string of the molecule is CCNC(=NCCCn1cccn1)NCCCCN1CCN(CC)CC1.I. The molecule has 0 aliphatic carbocycles. The average Bonchev–Trinajstić information content (AvgIpc) is 3.19. The Morgan fingerprint density at radius 1 is 1.00 bits per heavy atom. The van der Waals surface area contributed by atoms with Crippen LogP contribution in [0.5, 0.6) is 0 Å². The fraction of sp³-hybridized carbons (Fsp3) is 0.789. The molecule has 1 aromatic heterocycles. The molecular formula is C19H38IN7. The Kier molecular flexibility index (Phi) is 13.5. The van der Waals surface area contributed by atoms with E-state index in [2.05, 4.69) is 44.4 Å². The fourth-order valence-electron chi connectivity index (χ4n) is 3.19. The van der Waals surface area contributed by atoms with E-state index in [1.807, 2.05) is 23.1 Å². The van der Waals surface area contributed by atoms with Crippen molar-refractivity contribution in [1.82, 2.24) is 30.2 Å². The molecule has 0 spiro atoms. The zero-order chi connectivity index (χ0) is 18.5. The lowest BCUT2D eigenvalue weighted by atomic mass is 10.2. The first kappa shape index (κ1) is 24.2. The summed E-state index contributed by atoms with van der Waals surface area (Å²) in [7, 11) is 0. The first-order valence-electron chi connectivity index (χ1n) is 10.3. The van der Waals surface area contributed by atoms with E-state index >= 15 is 0 Å². The van der Waals surface area contributed by atoms with Gasteiger partial charge in [0.25, 0.3) is 0 Å². The Hall–Kier alpha value is -0.870. The van der Waals surface area contributed by atoms with Gasteiger partial charge in [0.15, 0.2) is 5.96 Å². The zero-order valence-corrected chi connectivity index (χ0v) is 19.4. The van der Waals surface area contributed by atoms with Gasteiger partial charge < -0.3 is 20.4 Å². The summed E-state index contributed by atoms with van der Waals surface area (Å²) < 4.78 is 1.95. The van der Waals surface area contributed by atoms with E-state index in [9.17, 15) is 0 Å². The van der Waals surface area contributed by atoms with E-state index in [-0.39, 0.29) is 24.0 Å². The van der Waals surface area contributed by atoms with Crippen LogP contribution in [0, 0.1) is 0 Å². The second-order valence-electron chi connectivity index (χ2n) is 6.79. The zero-order valence-electron chi connectivity index (χ0n) is 17.1. The predicted octanol–water partition coefficient (Wildman–Crippen LogP) is 1.86. The van der Waals surface area contributed by atoms with E-state index < -0.39 is 0 Å². The lowest BCUT2D eigenvalue weighted by Gasteiger charge is -2.34. The lowest BCUT2D eigenvalue weighted by molar-refractivity contribution is 0.136. The Balaban J connectivity index is 0.00000364. The van der Waals surface area contributed by atoms with Crippen molar-refractivity contribution in [2.75, 3.05) is 58.9 Å². The van der Waals surface area contributed by atoms with Crippen molar-refractivity contribution in [2.45, 2.75) is 39.7 Å². The molecule has 2 rings (SSSR count). The van der Waals surface area contributed by atoms with Crippen molar-refractivity contribution >= 4 is 29.9 Å². The van der Waals surface area contributed by atoms with E-state index in [0.29, 0.717) is 0 Å². The van der Waals surface area contributed by atoms with Gasteiger partial charge in [-0.15, -0.1) is 24.0 Å². The van der Waals surface area contributed by atoms with Gasteiger partial charge in [-0.25, -0.2) is 0 Å². The summed E-state index contributed by atoms with van der Waals surface area (Å²) >= 11 is 0. The van der Waals surface area contributed by atoms with Gasteiger partial charge in [0.1, 0.15) is 0 Å². The van der Waals surface area contributed by atoms with Crippen LogP contribution in [0.3, 0.4) is 0 Å². The topological polar surface area (TPSA) is 60.7 Å². The summed E-state index contributed by atoms with van der Waals surface area (Å²) in [4.78, 5) is 9.78. The van der Waals surface area contributed by atoms with Crippen molar-refractivity contribution in [3.8, 4) is 0 Å². The quantitative estimate of drug-likeness (QED) is 0.214. The summed E-state index contributed by atoms with van der Waals surface area (Å²) in [5.41, 5.74) is 0. The second-order valence-corrected chi connectivity index (χ2v) is 6.79. The molecule has 0 radical (unpaired) electrons. The molecule has 1 aliphatic heterocycles. The van der Waals surface area contributed by atoms with Crippen molar-refractivity contribution in [1.29, 1.82) is 0 Å². The summed E-state index contributed by atoms with van der Waals surface area (Å²) in [5, 5.41) is 11.0. The van der Waals surface area contributed by atoms with Gasteiger partial charge in [-0.3, -0.25) is 9.67 Å². The van der Waals surface area contributed by atoms with Gasteiger partial charge in [-0.05, 0) is 45.3 Å². The number of hydrogen-bond acceptors (Lipinski definition) is 4. The first-order chi connectivity index (χ1) is 12.8. The molecular weight excluding hydrogens is 453 g/mol. The number of aromatic nitrogens is 2. The predicted molar refractivity (Wildman–Crippen MR) is 124 cm³/mol. The molecule has 2 heterocycles. The first-order valence-corrected chi connectivity index (χ1v) is 10.3. The fourth-order valence-corrected chi connectivity index (χ4v) is 3.19. The molecule has 27 heavy (non-hydrogen) atoms. The minimum atomic E-state index is 0. The number of hydrogen-bond donors (Lipinski definition) is 2. The highest BCUT2D eigenvalue weighted by Gasteiger charge is 2.14. The highest BCUT2D eigenvalue weighted by Crippen LogP contribution is 2.02. The van der Waals surface area contributed by atoms with Crippen LogP contribution >= 0.6 is 24.0 Å². The van der Waals surface area contributed by atoms with E-state index in [0.717, 1.165) is 38.6 Å². The number of rotatable bonds is 11. The molecule has 0 atom stereocenters. The van der Waals surface area contributed by atoms with Gasteiger partial charge in [0, 0.05) is 64.8 Å². The minimum Gasteiger partial charge on any atom is -0.357 e. The van der Waals surface area contributed by atoms with Crippen LogP contribution in [0.1, 0.15) is 33.1 Å². The number of nitrogens with zero attached hydrogens (tertiary/aromatic N) is 5. The Bertz CT molecular complexity index is 484. The molecule has 2 N–H and O–H groups in total. The molecule has 0 saturated carbocycles. The van der Waals surface area contributed by atoms with Crippen LogP contribution in [0.25, 0.3) is 0 Å². The molecule has 1 saturated heterocycles. The second kappa shape index (κ2) is 15.1. The number of guanidine groups is 1. The average molecular weight is 491 g/mol. The summed E-state index contributed by atoms with van der Waals surface area (Å²) in [6.07, 6.45) is 7.25. The van der Waals surface area contributed by atoms with Crippen LogP contribution < -0.4 is 10.6 Å². The third kappa shape index (κ3) is 10.3. The van der Waals surface area contributed by atoms with Crippen molar-refractivity contribution < 1.29 is 0 Å². The van der Waals surface area contributed by atoms with Crippen molar-refractivity contribution in [3.63, 3.8) is 0 Å². The van der Waals surface area contributed by atoms with Gasteiger partial charge in [-0.2, -0.15) is 5.10 Å². The molecule has 0 amide bonds. The Labute approximate surface area is 182 Å². The lowest BCUT2D eigenvalue weighted by Crippen LogP contribution is -2.46. The molecule has 1 aliphatic rings. The third-order valence-electron chi connectivity index (χ3n) is 4.82. The van der Waals surface area contributed by atoms with Gasteiger partial charge in [-0.1, -0.05) is 6.92 Å². The van der Waals surface area contributed by atoms with E-state index in [1.165, 1.54) is 52.1 Å². The molecule has 8 heteroatoms. The number of halogens is 1. The van der Waals surface area contributed by atoms with Crippen LogP contribution in [0.15, 0.2) is 23.5 Å². The van der Waals surface area contributed by atoms with Crippen molar-refractivity contribution in [2.24, 2.45) is 4.99 Å². The Morgan fingerprint density at radius 2 is 1.78 bits per heavy atom. The monoisotopic (exact) mass is 491 g/mol. The number of aryl methyl sites for hydroxylation is 1. The maximum Gasteiger partial charge on any atom is 0.191 e. The highest BCUT2D eigenvalue weighted by atomic mass is 127. The molecule has 0 bridgehead atoms. The van der Waals surface area contributed by atoms with Gasteiger partial charge in [0.2, 0.25) is 0 Å². The summed E-state index contributed by atoms with van der Waals surface area (Å²) in [6, 6.07) is 1.96. The van der Waals surface area contributed by atoms with E-state index in [1.54, 1.807) is 0 Å². The molecule has 7 nitrogen and oxygen atoms in total. The number of piperazine rings is 1. The van der Waals surface area contributed by atoms with Crippen molar-refractivity contribution in [3.05, 3.63) is 18.5 Å². The normalized spacial score (nSPS) is 16.1. The van der Waals surface area contributed by atoms with Gasteiger partial charge >= 0.3 is 0 Å². The van der Waals surface area contributed by atoms with Crippen LogP contribution in [-0.4, -0.2) is 84.4 Å². The number of likely N-dealkylation sites (N-methyl/N-ethyl adjacent to an activating group) is 1. The molecule has 1 aromatic rings. The summed E-state index contributed by atoms with van der Waals surface area (Å²) in [5.74, 6) is 0.935. The maximum atomic E-state index is 4.66. The molecule has 156 valence electrons. The number of aliphatic imine (C=N–C) groups is 1. The highest BCUT2D eigenvalue weighted by molar-refractivity contribution is 14.0. The largest absolute Gasteiger partial charge is 0.357 e. The molecule has 0 unspecified atom stereocenters. The van der Waals surface area contributed by atoms with E-state index in [4.69, 9.17) is 0 Å². The van der Waals surface area contributed by atoms with Crippen LogP contribution in [0.4, 0.5) is 0 Å². The van der Waals surface area contributed by atoms with Crippen LogP contribution in [-0.2, 0) is 6.54 Å². The Morgan fingerprint density at radius 3 is 2.44 bits per heavy atom. The smallest absolute Gasteiger partial charge is 0.191 e. The number of unbranched alkanes of at least 4 members (excludes halogenated alkanes) is 1. The molecule has 0 aromatic carbocycles. The maximum absolute atomic E-state index is 4.66. The van der Waals surface area contributed by atoms with Crippen LogP contribution in [0.2, 0.25) is 0 Å².